The number of aryl methyl sites for hydroxylation is 1. The summed E-state index contributed by atoms with van der Waals surface area (Å²) in [4.78, 5) is 20.6. The number of hydrogen-bond donors (Lipinski definition) is 2. The lowest BCUT2D eigenvalue weighted by molar-refractivity contribution is 0.102. The average molecular weight is 387 g/mol. The second kappa shape index (κ2) is 8.01. The largest absolute Gasteiger partial charge is 0.495 e. The van der Waals surface area contributed by atoms with Crippen LogP contribution in [0.4, 0.5) is 21.6 Å². The average Bonchev–Trinajstić information content (AvgIpc) is 2.64. The summed E-state index contributed by atoms with van der Waals surface area (Å²) in [7, 11) is 1.49. The van der Waals surface area contributed by atoms with Crippen LogP contribution in [0.2, 0.25) is 5.02 Å². The maximum absolute atomic E-state index is 13.3. The number of methoxy groups -OCH3 is 1. The molecule has 1 amide bonds. The number of hydrogen-bond acceptors (Lipinski definition) is 5. The van der Waals surface area contributed by atoms with Crippen LogP contribution < -0.4 is 15.4 Å². The van der Waals surface area contributed by atoms with Crippen molar-refractivity contribution in [2.24, 2.45) is 0 Å². The van der Waals surface area contributed by atoms with Crippen molar-refractivity contribution in [2.45, 2.75) is 6.92 Å². The molecule has 8 heteroatoms. The van der Waals surface area contributed by atoms with Crippen molar-refractivity contribution in [3.63, 3.8) is 0 Å². The number of benzene rings is 2. The third-order valence-corrected chi connectivity index (χ3v) is 4.13. The van der Waals surface area contributed by atoms with E-state index in [0.29, 0.717) is 28.0 Å². The van der Waals surface area contributed by atoms with Crippen LogP contribution >= 0.6 is 11.6 Å². The molecule has 0 aliphatic heterocycles. The van der Waals surface area contributed by atoms with Crippen LogP contribution in [0.15, 0.2) is 48.8 Å². The fourth-order valence-electron chi connectivity index (χ4n) is 2.38. The minimum Gasteiger partial charge on any atom is -0.495 e. The number of rotatable bonds is 5. The first-order valence-corrected chi connectivity index (χ1v) is 8.34. The lowest BCUT2D eigenvalue weighted by Crippen LogP contribution is -2.15. The Labute approximate surface area is 160 Å². The first-order chi connectivity index (χ1) is 13.0. The van der Waals surface area contributed by atoms with Gasteiger partial charge in [-0.3, -0.25) is 4.79 Å². The first kappa shape index (κ1) is 18.6. The molecule has 0 radical (unpaired) electrons. The number of ether oxygens (including phenoxy) is 1. The Bertz CT molecular complexity index is 997. The summed E-state index contributed by atoms with van der Waals surface area (Å²) < 4.78 is 18.5. The Morgan fingerprint density at radius 3 is 2.74 bits per heavy atom. The highest BCUT2D eigenvalue weighted by Gasteiger charge is 2.14. The van der Waals surface area contributed by atoms with Crippen LogP contribution in [0.3, 0.4) is 0 Å². The molecular weight excluding hydrogens is 371 g/mol. The predicted molar refractivity (Wildman–Crippen MR) is 102 cm³/mol. The molecule has 138 valence electrons. The van der Waals surface area contributed by atoms with Crippen molar-refractivity contribution in [2.75, 3.05) is 17.7 Å². The second-order valence-corrected chi connectivity index (χ2v) is 6.09. The van der Waals surface area contributed by atoms with E-state index in [1.54, 1.807) is 24.3 Å². The molecule has 3 aromatic rings. The highest BCUT2D eigenvalue weighted by Crippen LogP contribution is 2.31. The van der Waals surface area contributed by atoms with Crippen LogP contribution in [0.5, 0.6) is 5.75 Å². The number of amides is 1. The molecule has 1 aromatic heterocycles. The van der Waals surface area contributed by atoms with Gasteiger partial charge < -0.3 is 15.4 Å². The van der Waals surface area contributed by atoms with Gasteiger partial charge in [-0.25, -0.2) is 14.4 Å². The van der Waals surface area contributed by atoms with Gasteiger partial charge in [-0.05, 0) is 36.8 Å². The molecule has 3 rings (SSSR count). The predicted octanol–water partition coefficient (Wildman–Crippen LogP) is 4.58. The Hall–Kier alpha value is -3.19. The van der Waals surface area contributed by atoms with Crippen LogP contribution in [-0.2, 0) is 0 Å². The molecule has 0 aliphatic rings. The van der Waals surface area contributed by atoms with Gasteiger partial charge in [0.1, 0.15) is 29.4 Å². The molecule has 0 atom stereocenters. The van der Waals surface area contributed by atoms with Crippen molar-refractivity contribution < 1.29 is 13.9 Å². The van der Waals surface area contributed by atoms with Crippen molar-refractivity contribution >= 4 is 34.7 Å². The monoisotopic (exact) mass is 386 g/mol. The minimum absolute atomic E-state index is 0.138. The maximum Gasteiger partial charge on any atom is 0.274 e. The van der Waals surface area contributed by atoms with Gasteiger partial charge in [0, 0.05) is 22.8 Å². The summed E-state index contributed by atoms with van der Waals surface area (Å²) in [5, 5.41) is 6.21. The third kappa shape index (κ3) is 4.51. The molecule has 0 spiro atoms. The van der Waals surface area contributed by atoms with Crippen molar-refractivity contribution in [3.8, 4) is 5.75 Å². The first-order valence-electron chi connectivity index (χ1n) is 7.96. The number of aromatic nitrogens is 2. The van der Waals surface area contributed by atoms with Gasteiger partial charge in [-0.2, -0.15) is 0 Å². The summed E-state index contributed by atoms with van der Waals surface area (Å²) in [5.41, 5.74) is 1.92. The zero-order valence-corrected chi connectivity index (χ0v) is 15.3. The molecule has 0 bridgehead atoms. The molecule has 0 saturated heterocycles. The lowest BCUT2D eigenvalue weighted by Gasteiger charge is -2.12. The number of carbonyl (C=O) groups is 1. The SMILES string of the molecule is COc1cc(Cl)c(C)cc1NC(=O)c1cc(Nc2cccc(F)c2)ncn1. The van der Waals surface area contributed by atoms with Crippen molar-refractivity contribution in [1.29, 1.82) is 0 Å². The summed E-state index contributed by atoms with van der Waals surface area (Å²) in [6.07, 6.45) is 1.25. The van der Waals surface area contributed by atoms with Gasteiger partial charge in [0.05, 0.1) is 12.8 Å². The van der Waals surface area contributed by atoms with E-state index < -0.39 is 5.91 Å². The highest BCUT2D eigenvalue weighted by atomic mass is 35.5. The molecule has 0 unspecified atom stereocenters. The molecule has 0 fully saturated rings. The number of carbonyl (C=O) groups excluding carboxylic acids is 1. The van der Waals surface area contributed by atoms with E-state index in [1.165, 1.54) is 31.6 Å². The van der Waals surface area contributed by atoms with E-state index in [1.807, 2.05) is 6.92 Å². The number of nitrogens with zero attached hydrogens (tertiary/aromatic N) is 2. The normalized spacial score (nSPS) is 10.4. The summed E-state index contributed by atoms with van der Waals surface area (Å²) in [6, 6.07) is 10.7. The van der Waals surface area contributed by atoms with Gasteiger partial charge in [-0.1, -0.05) is 17.7 Å². The fraction of sp³-hybridized carbons (Fsp3) is 0.105. The number of nitrogens with one attached hydrogen (secondary N) is 2. The smallest absolute Gasteiger partial charge is 0.274 e. The van der Waals surface area contributed by atoms with Crippen LogP contribution in [0, 0.1) is 12.7 Å². The topological polar surface area (TPSA) is 76.1 Å². The lowest BCUT2D eigenvalue weighted by atomic mass is 10.2. The zero-order chi connectivity index (χ0) is 19.4. The number of anilines is 3. The van der Waals surface area contributed by atoms with Crippen LogP contribution in [0.25, 0.3) is 0 Å². The zero-order valence-electron chi connectivity index (χ0n) is 14.6. The molecule has 2 aromatic carbocycles. The van der Waals surface area contributed by atoms with Gasteiger partial charge >= 0.3 is 0 Å². The molecule has 0 saturated carbocycles. The molecule has 2 N–H and O–H groups in total. The Morgan fingerprint density at radius 1 is 1.19 bits per heavy atom. The van der Waals surface area contributed by atoms with E-state index in [9.17, 15) is 9.18 Å². The summed E-state index contributed by atoms with van der Waals surface area (Å²) in [5.74, 6) is -0.0249. The maximum atomic E-state index is 13.3. The Balaban J connectivity index is 1.81. The van der Waals surface area contributed by atoms with Crippen LogP contribution in [0.1, 0.15) is 16.1 Å². The standard InChI is InChI=1S/C19H16ClFN4O2/c1-11-6-15(17(27-2)8-14(11)20)25-19(26)16-9-18(23-10-22-16)24-13-5-3-4-12(21)7-13/h3-10H,1-2H3,(H,25,26)(H,22,23,24). The molecule has 0 aliphatic carbocycles. The second-order valence-electron chi connectivity index (χ2n) is 5.68. The minimum atomic E-state index is -0.445. The molecular formula is C19H16ClFN4O2. The van der Waals surface area contributed by atoms with Crippen LogP contribution in [-0.4, -0.2) is 23.0 Å². The molecule has 6 nitrogen and oxygen atoms in total. The van der Waals surface area contributed by atoms with E-state index in [-0.39, 0.29) is 11.5 Å². The van der Waals surface area contributed by atoms with Gasteiger partial charge in [0.15, 0.2) is 0 Å². The van der Waals surface area contributed by atoms with E-state index >= 15 is 0 Å². The Kier molecular flexibility index (Phi) is 5.52. The van der Waals surface area contributed by atoms with Gasteiger partial charge in [-0.15, -0.1) is 0 Å². The van der Waals surface area contributed by atoms with Crippen molar-refractivity contribution in [1.82, 2.24) is 9.97 Å². The molecule has 27 heavy (non-hydrogen) atoms. The van der Waals surface area contributed by atoms with E-state index in [0.717, 1.165) is 5.56 Å². The third-order valence-electron chi connectivity index (χ3n) is 3.73. The quantitative estimate of drug-likeness (QED) is 0.671. The molecule has 1 heterocycles. The van der Waals surface area contributed by atoms with E-state index in [2.05, 4.69) is 20.6 Å². The number of halogens is 2. The Morgan fingerprint density at radius 2 is 2.00 bits per heavy atom. The van der Waals surface area contributed by atoms with Gasteiger partial charge in [0.2, 0.25) is 0 Å². The van der Waals surface area contributed by atoms with E-state index in [4.69, 9.17) is 16.3 Å². The highest BCUT2D eigenvalue weighted by molar-refractivity contribution is 6.31. The van der Waals surface area contributed by atoms with Gasteiger partial charge in [0.25, 0.3) is 5.91 Å². The summed E-state index contributed by atoms with van der Waals surface area (Å²) in [6.45, 7) is 1.82. The van der Waals surface area contributed by atoms with Crippen molar-refractivity contribution in [3.05, 3.63) is 70.9 Å². The fourth-order valence-corrected chi connectivity index (χ4v) is 2.53. The summed E-state index contributed by atoms with van der Waals surface area (Å²) >= 11 is 6.08.